The lowest BCUT2D eigenvalue weighted by molar-refractivity contribution is 0.0776. The number of methoxy groups -OCH3 is 1. The van der Waals surface area contributed by atoms with Gasteiger partial charge in [0.15, 0.2) is 0 Å². The second-order valence-electron chi connectivity index (χ2n) is 7.38. The number of carbonyl (C=O) groups is 1. The summed E-state index contributed by atoms with van der Waals surface area (Å²) in [5, 5.41) is 21.9. The number of nitrogens with zero attached hydrogens (tertiary/aromatic N) is 2. The van der Waals surface area contributed by atoms with Gasteiger partial charge in [-0.2, -0.15) is 0 Å². The molecule has 27 heavy (non-hydrogen) atoms. The molecule has 0 aromatic heterocycles. The fourth-order valence-corrected chi connectivity index (χ4v) is 3.83. The Kier molecular flexibility index (Phi) is 6.31. The quantitative estimate of drug-likeness (QED) is 0.775. The second-order valence-corrected chi connectivity index (χ2v) is 7.38. The minimum atomic E-state index is -0.182. The van der Waals surface area contributed by atoms with E-state index in [4.69, 9.17) is 4.74 Å². The SMILES string of the molecule is COCCN(C)C[C@@H]1CN(C(=O)c2cc3ccccc3cc2O)C[C@@H]1CO. The summed E-state index contributed by atoms with van der Waals surface area (Å²) in [6.45, 7) is 3.39. The highest BCUT2D eigenvalue weighted by Crippen LogP contribution is 2.30. The van der Waals surface area contributed by atoms with Crippen LogP contribution in [0.3, 0.4) is 0 Å². The zero-order valence-electron chi connectivity index (χ0n) is 16.0. The predicted molar refractivity (Wildman–Crippen MR) is 105 cm³/mol. The molecular formula is C21H28N2O4. The molecule has 2 aromatic rings. The molecule has 1 aliphatic rings. The molecular weight excluding hydrogens is 344 g/mol. The number of carbonyl (C=O) groups excluding carboxylic acids is 1. The molecule has 1 fully saturated rings. The summed E-state index contributed by atoms with van der Waals surface area (Å²) in [6, 6.07) is 11.0. The van der Waals surface area contributed by atoms with E-state index in [2.05, 4.69) is 4.90 Å². The maximum Gasteiger partial charge on any atom is 0.257 e. The molecule has 1 aliphatic heterocycles. The Balaban J connectivity index is 1.74. The first kappa shape index (κ1) is 19.6. The van der Waals surface area contributed by atoms with Crippen molar-refractivity contribution < 1.29 is 19.7 Å². The lowest BCUT2D eigenvalue weighted by atomic mass is 9.96. The number of hydrogen-bond acceptors (Lipinski definition) is 5. The first-order chi connectivity index (χ1) is 13.0. The van der Waals surface area contributed by atoms with Gasteiger partial charge in [-0.25, -0.2) is 0 Å². The number of hydrogen-bond donors (Lipinski definition) is 2. The number of phenolic OH excluding ortho intramolecular Hbond substituents is 1. The Morgan fingerprint density at radius 3 is 2.56 bits per heavy atom. The predicted octanol–water partition coefficient (Wildman–Crippen LogP) is 1.80. The Morgan fingerprint density at radius 2 is 1.89 bits per heavy atom. The topological polar surface area (TPSA) is 73.2 Å². The smallest absolute Gasteiger partial charge is 0.257 e. The average molecular weight is 372 g/mol. The summed E-state index contributed by atoms with van der Waals surface area (Å²) in [4.78, 5) is 16.9. The maximum absolute atomic E-state index is 13.0. The van der Waals surface area contributed by atoms with Crippen molar-refractivity contribution >= 4 is 16.7 Å². The van der Waals surface area contributed by atoms with Gasteiger partial charge in [0.05, 0.1) is 12.2 Å². The third-order valence-corrected chi connectivity index (χ3v) is 5.42. The van der Waals surface area contributed by atoms with Gasteiger partial charge in [-0.05, 0) is 35.9 Å². The summed E-state index contributed by atoms with van der Waals surface area (Å²) in [5.74, 6) is 0.0589. The lowest BCUT2D eigenvalue weighted by Gasteiger charge is -2.23. The number of likely N-dealkylation sites (tertiary alicyclic amines) is 1. The second kappa shape index (κ2) is 8.69. The van der Waals surface area contributed by atoms with Gasteiger partial charge in [0.1, 0.15) is 5.75 Å². The number of fused-ring (bicyclic) bond motifs is 1. The summed E-state index contributed by atoms with van der Waals surface area (Å²) < 4.78 is 5.11. The molecule has 0 spiro atoms. The summed E-state index contributed by atoms with van der Waals surface area (Å²) in [5.41, 5.74) is 0.318. The summed E-state index contributed by atoms with van der Waals surface area (Å²) in [6.07, 6.45) is 0. The van der Waals surface area contributed by atoms with Gasteiger partial charge in [-0.1, -0.05) is 24.3 Å². The van der Waals surface area contributed by atoms with Crippen molar-refractivity contribution in [2.45, 2.75) is 0 Å². The molecule has 0 unspecified atom stereocenters. The molecule has 2 atom stereocenters. The van der Waals surface area contributed by atoms with Crippen LogP contribution in [0.4, 0.5) is 0 Å². The van der Waals surface area contributed by atoms with E-state index in [9.17, 15) is 15.0 Å². The standard InChI is InChI=1S/C21H28N2O4/c1-22(7-8-27-2)11-17-12-23(13-18(17)14-24)21(26)19-9-15-5-3-4-6-16(15)10-20(19)25/h3-6,9-10,17-18,24-25H,7-8,11-14H2,1-2H3/t17-,18-/m1/s1. The number of rotatable bonds is 7. The van der Waals surface area contributed by atoms with Crippen molar-refractivity contribution in [1.82, 2.24) is 9.80 Å². The highest BCUT2D eigenvalue weighted by molar-refractivity contribution is 6.01. The fourth-order valence-electron chi connectivity index (χ4n) is 3.83. The van der Waals surface area contributed by atoms with E-state index in [1.54, 1.807) is 24.1 Å². The monoisotopic (exact) mass is 372 g/mol. The molecule has 1 saturated heterocycles. The molecule has 2 aromatic carbocycles. The van der Waals surface area contributed by atoms with Crippen LogP contribution in [0.1, 0.15) is 10.4 Å². The third-order valence-electron chi connectivity index (χ3n) is 5.42. The molecule has 0 radical (unpaired) electrons. The lowest BCUT2D eigenvalue weighted by Crippen LogP contribution is -2.33. The van der Waals surface area contributed by atoms with Crippen molar-refractivity contribution in [1.29, 1.82) is 0 Å². The third kappa shape index (κ3) is 4.40. The number of ether oxygens (including phenoxy) is 1. The molecule has 6 nitrogen and oxygen atoms in total. The van der Waals surface area contributed by atoms with Crippen molar-refractivity contribution in [3.8, 4) is 5.75 Å². The minimum absolute atomic E-state index is 0.0000823. The molecule has 2 N–H and O–H groups in total. The largest absolute Gasteiger partial charge is 0.507 e. The van der Waals surface area contributed by atoms with Crippen molar-refractivity contribution in [2.75, 3.05) is 53.6 Å². The van der Waals surface area contributed by atoms with E-state index in [0.29, 0.717) is 25.3 Å². The first-order valence-corrected chi connectivity index (χ1v) is 9.32. The van der Waals surface area contributed by atoms with Gasteiger partial charge in [0.2, 0.25) is 0 Å². The number of aliphatic hydroxyl groups excluding tert-OH is 1. The van der Waals surface area contributed by atoms with Gasteiger partial charge in [-0.15, -0.1) is 0 Å². The van der Waals surface area contributed by atoms with Crippen LogP contribution in [-0.4, -0.2) is 79.5 Å². The summed E-state index contributed by atoms with van der Waals surface area (Å²) >= 11 is 0. The van der Waals surface area contributed by atoms with E-state index >= 15 is 0 Å². The van der Waals surface area contributed by atoms with Gasteiger partial charge in [0.25, 0.3) is 5.91 Å². The maximum atomic E-state index is 13.0. The molecule has 3 rings (SSSR count). The Bertz CT molecular complexity index is 795. The van der Waals surface area contributed by atoms with Crippen LogP contribution < -0.4 is 0 Å². The normalized spacial score (nSPS) is 19.9. The van der Waals surface area contributed by atoms with E-state index in [-0.39, 0.29) is 30.1 Å². The molecule has 146 valence electrons. The van der Waals surface area contributed by atoms with Crippen LogP contribution in [0.15, 0.2) is 36.4 Å². The van der Waals surface area contributed by atoms with E-state index in [0.717, 1.165) is 23.9 Å². The van der Waals surface area contributed by atoms with Crippen LogP contribution in [0.25, 0.3) is 10.8 Å². The fraction of sp³-hybridized carbons (Fsp3) is 0.476. The van der Waals surface area contributed by atoms with E-state index < -0.39 is 0 Å². The van der Waals surface area contributed by atoms with Crippen molar-refractivity contribution in [3.05, 3.63) is 42.0 Å². The zero-order valence-corrected chi connectivity index (χ0v) is 16.0. The van der Waals surface area contributed by atoms with Crippen LogP contribution in [0, 0.1) is 11.8 Å². The molecule has 0 aliphatic carbocycles. The highest BCUT2D eigenvalue weighted by atomic mass is 16.5. The molecule has 0 saturated carbocycles. The van der Waals surface area contributed by atoms with Gasteiger partial charge >= 0.3 is 0 Å². The number of likely N-dealkylation sites (N-methyl/N-ethyl adjacent to an activating group) is 1. The number of phenols is 1. The van der Waals surface area contributed by atoms with E-state index in [1.807, 2.05) is 31.3 Å². The zero-order chi connectivity index (χ0) is 19.4. The Morgan fingerprint density at radius 1 is 1.22 bits per heavy atom. The molecule has 0 bridgehead atoms. The highest BCUT2D eigenvalue weighted by Gasteiger charge is 2.36. The average Bonchev–Trinajstić information content (AvgIpc) is 3.08. The molecule has 1 amide bonds. The first-order valence-electron chi connectivity index (χ1n) is 9.32. The molecule has 6 heteroatoms. The number of aromatic hydroxyl groups is 1. The van der Waals surface area contributed by atoms with Crippen LogP contribution in [-0.2, 0) is 4.74 Å². The Labute approximate surface area is 160 Å². The number of amides is 1. The van der Waals surface area contributed by atoms with Gasteiger partial charge < -0.3 is 24.7 Å². The van der Waals surface area contributed by atoms with Crippen molar-refractivity contribution in [3.63, 3.8) is 0 Å². The van der Waals surface area contributed by atoms with Crippen LogP contribution in [0.2, 0.25) is 0 Å². The van der Waals surface area contributed by atoms with Crippen molar-refractivity contribution in [2.24, 2.45) is 11.8 Å². The minimum Gasteiger partial charge on any atom is -0.507 e. The van der Waals surface area contributed by atoms with Crippen LogP contribution in [0.5, 0.6) is 5.75 Å². The Hall–Kier alpha value is -2.15. The van der Waals surface area contributed by atoms with E-state index in [1.165, 1.54) is 0 Å². The van der Waals surface area contributed by atoms with Gasteiger partial charge in [0, 0.05) is 45.8 Å². The van der Waals surface area contributed by atoms with Gasteiger partial charge in [-0.3, -0.25) is 4.79 Å². The summed E-state index contributed by atoms with van der Waals surface area (Å²) in [7, 11) is 3.70. The molecule has 1 heterocycles. The number of benzene rings is 2. The van der Waals surface area contributed by atoms with Crippen LogP contribution >= 0.6 is 0 Å². The number of aliphatic hydroxyl groups is 1.